The summed E-state index contributed by atoms with van der Waals surface area (Å²) < 4.78 is 19.2. The SMILES string of the molecule is Fc1ccc(OC(C2CC2)[C@@H]2CCNC2)cc1Cl. The van der Waals surface area contributed by atoms with E-state index < -0.39 is 5.82 Å². The molecule has 2 atom stereocenters. The van der Waals surface area contributed by atoms with E-state index in [0.29, 0.717) is 17.6 Å². The first kappa shape index (κ1) is 12.2. The Morgan fingerprint density at radius 2 is 2.11 bits per heavy atom. The maximum Gasteiger partial charge on any atom is 0.142 e. The van der Waals surface area contributed by atoms with Crippen LogP contribution in [0.5, 0.6) is 5.75 Å². The molecule has 2 aliphatic rings. The fourth-order valence-corrected chi connectivity index (χ4v) is 2.84. The monoisotopic (exact) mass is 269 g/mol. The fourth-order valence-electron chi connectivity index (χ4n) is 2.67. The van der Waals surface area contributed by atoms with E-state index in [-0.39, 0.29) is 11.1 Å². The zero-order valence-corrected chi connectivity index (χ0v) is 10.9. The van der Waals surface area contributed by atoms with Crippen molar-refractivity contribution in [3.63, 3.8) is 0 Å². The van der Waals surface area contributed by atoms with Crippen molar-refractivity contribution >= 4 is 11.6 Å². The number of hydrogen-bond acceptors (Lipinski definition) is 2. The summed E-state index contributed by atoms with van der Waals surface area (Å²) in [6, 6.07) is 4.61. The van der Waals surface area contributed by atoms with E-state index >= 15 is 0 Å². The number of benzene rings is 1. The van der Waals surface area contributed by atoms with Crippen molar-refractivity contribution in [3.05, 3.63) is 29.0 Å². The molecule has 0 aromatic heterocycles. The quantitative estimate of drug-likeness (QED) is 0.906. The molecule has 98 valence electrons. The van der Waals surface area contributed by atoms with Crippen LogP contribution in [0.1, 0.15) is 19.3 Å². The van der Waals surface area contributed by atoms with Gasteiger partial charge >= 0.3 is 0 Å². The molecule has 0 radical (unpaired) electrons. The Hall–Kier alpha value is -0.800. The summed E-state index contributed by atoms with van der Waals surface area (Å²) in [6.45, 7) is 2.09. The lowest BCUT2D eigenvalue weighted by molar-refractivity contribution is 0.121. The Labute approximate surface area is 111 Å². The zero-order valence-electron chi connectivity index (χ0n) is 10.2. The summed E-state index contributed by atoms with van der Waals surface area (Å²) in [5.41, 5.74) is 0. The normalized spacial score (nSPS) is 25.1. The molecule has 2 fully saturated rings. The Kier molecular flexibility index (Phi) is 3.44. The molecule has 1 unspecified atom stereocenters. The van der Waals surface area contributed by atoms with Crippen LogP contribution >= 0.6 is 11.6 Å². The summed E-state index contributed by atoms with van der Waals surface area (Å²) in [7, 11) is 0. The van der Waals surface area contributed by atoms with Crippen molar-refractivity contribution < 1.29 is 9.13 Å². The van der Waals surface area contributed by atoms with Crippen molar-refractivity contribution in [2.45, 2.75) is 25.4 Å². The topological polar surface area (TPSA) is 21.3 Å². The third-order valence-electron chi connectivity index (χ3n) is 3.81. The van der Waals surface area contributed by atoms with Crippen molar-refractivity contribution in [3.8, 4) is 5.75 Å². The Morgan fingerprint density at radius 3 is 2.72 bits per heavy atom. The van der Waals surface area contributed by atoms with Gasteiger partial charge in [-0.25, -0.2) is 4.39 Å². The molecule has 1 heterocycles. The van der Waals surface area contributed by atoms with Gasteiger partial charge in [0.05, 0.1) is 5.02 Å². The van der Waals surface area contributed by atoms with Gasteiger partial charge in [-0.05, 0) is 43.9 Å². The van der Waals surface area contributed by atoms with Crippen LogP contribution in [0.4, 0.5) is 4.39 Å². The summed E-state index contributed by atoms with van der Waals surface area (Å²) in [5, 5.41) is 3.51. The van der Waals surface area contributed by atoms with Gasteiger partial charge in [-0.15, -0.1) is 0 Å². The highest BCUT2D eigenvalue weighted by Crippen LogP contribution is 2.40. The molecule has 4 heteroatoms. The summed E-state index contributed by atoms with van der Waals surface area (Å²) in [5.74, 6) is 1.53. The fraction of sp³-hybridized carbons (Fsp3) is 0.571. The summed E-state index contributed by atoms with van der Waals surface area (Å²) in [4.78, 5) is 0. The van der Waals surface area contributed by atoms with Crippen LogP contribution < -0.4 is 10.1 Å². The van der Waals surface area contributed by atoms with Gasteiger partial charge < -0.3 is 10.1 Å². The van der Waals surface area contributed by atoms with Crippen molar-refractivity contribution in [2.75, 3.05) is 13.1 Å². The van der Waals surface area contributed by atoms with E-state index in [9.17, 15) is 4.39 Å². The van der Waals surface area contributed by atoms with Gasteiger partial charge in [-0.3, -0.25) is 0 Å². The minimum absolute atomic E-state index is 0.131. The summed E-state index contributed by atoms with van der Waals surface area (Å²) >= 11 is 5.78. The average molecular weight is 270 g/mol. The van der Waals surface area contributed by atoms with Gasteiger partial charge in [0.2, 0.25) is 0 Å². The largest absolute Gasteiger partial charge is 0.490 e. The van der Waals surface area contributed by atoms with E-state index in [1.54, 1.807) is 12.1 Å². The molecular weight excluding hydrogens is 253 g/mol. The Balaban J connectivity index is 1.73. The molecule has 1 saturated heterocycles. The van der Waals surface area contributed by atoms with Crippen LogP contribution in [0.25, 0.3) is 0 Å². The van der Waals surface area contributed by atoms with Crippen molar-refractivity contribution in [1.82, 2.24) is 5.32 Å². The number of halogens is 2. The van der Waals surface area contributed by atoms with E-state index in [4.69, 9.17) is 16.3 Å². The third kappa shape index (κ3) is 2.62. The molecule has 1 aromatic rings. The second kappa shape index (κ2) is 5.06. The molecule has 0 bridgehead atoms. The molecule has 1 saturated carbocycles. The maximum absolute atomic E-state index is 13.1. The predicted molar refractivity (Wildman–Crippen MR) is 69.5 cm³/mol. The first-order chi connectivity index (χ1) is 8.74. The van der Waals surface area contributed by atoms with E-state index in [0.717, 1.165) is 19.5 Å². The van der Waals surface area contributed by atoms with Crippen molar-refractivity contribution in [2.24, 2.45) is 11.8 Å². The van der Waals surface area contributed by atoms with Gasteiger partial charge in [0.25, 0.3) is 0 Å². The highest BCUT2D eigenvalue weighted by Gasteiger charge is 2.39. The standard InChI is InChI=1S/C14H17ClFNO/c15-12-7-11(3-4-13(12)16)18-14(9-1-2-9)10-5-6-17-8-10/h3-4,7,9-10,14,17H,1-2,5-6,8H2/t10-,14?/m1/s1. The second-order valence-electron chi connectivity index (χ2n) is 5.25. The van der Waals surface area contributed by atoms with E-state index in [2.05, 4.69) is 5.32 Å². The van der Waals surface area contributed by atoms with Crippen LogP contribution in [0.3, 0.4) is 0 Å². The highest BCUT2D eigenvalue weighted by molar-refractivity contribution is 6.30. The van der Waals surface area contributed by atoms with Gasteiger partial charge in [0.15, 0.2) is 0 Å². The van der Waals surface area contributed by atoms with E-state index in [1.165, 1.54) is 18.9 Å². The van der Waals surface area contributed by atoms with Gasteiger partial charge in [0, 0.05) is 18.5 Å². The van der Waals surface area contributed by atoms with Crippen LogP contribution in [0, 0.1) is 17.7 Å². The Morgan fingerprint density at radius 1 is 1.28 bits per heavy atom. The number of nitrogens with one attached hydrogen (secondary N) is 1. The molecule has 0 spiro atoms. The molecule has 3 rings (SSSR count). The molecule has 1 aromatic carbocycles. The minimum Gasteiger partial charge on any atom is -0.490 e. The first-order valence-corrected chi connectivity index (χ1v) is 6.94. The molecule has 2 nitrogen and oxygen atoms in total. The number of hydrogen-bond donors (Lipinski definition) is 1. The molecule has 1 aliphatic heterocycles. The number of rotatable bonds is 4. The third-order valence-corrected chi connectivity index (χ3v) is 4.10. The molecule has 0 amide bonds. The van der Waals surface area contributed by atoms with Crippen LogP contribution in [0.15, 0.2) is 18.2 Å². The lowest BCUT2D eigenvalue weighted by Gasteiger charge is -2.24. The predicted octanol–water partition coefficient (Wildman–Crippen LogP) is 3.25. The highest BCUT2D eigenvalue weighted by atomic mass is 35.5. The lowest BCUT2D eigenvalue weighted by atomic mass is 9.97. The van der Waals surface area contributed by atoms with E-state index in [1.807, 2.05) is 0 Å². The van der Waals surface area contributed by atoms with Gasteiger partial charge in [0.1, 0.15) is 17.7 Å². The first-order valence-electron chi connectivity index (χ1n) is 6.56. The smallest absolute Gasteiger partial charge is 0.142 e. The molecule has 18 heavy (non-hydrogen) atoms. The van der Waals surface area contributed by atoms with Gasteiger partial charge in [-0.1, -0.05) is 11.6 Å². The van der Waals surface area contributed by atoms with Crippen molar-refractivity contribution in [1.29, 1.82) is 0 Å². The minimum atomic E-state index is -0.394. The van der Waals surface area contributed by atoms with Crippen LogP contribution in [-0.4, -0.2) is 19.2 Å². The van der Waals surface area contributed by atoms with Crippen LogP contribution in [-0.2, 0) is 0 Å². The van der Waals surface area contributed by atoms with Gasteiger partial charge in [-0.2, -0.15) is 0 Å². The molecule has 1 aliphatic carbocycles. The molecular formula is C14H17ClFNO. The summed E-state index contributed by atoms with van der Waals surface area (Å²) in [6.07, 6.45) is 3.91. The second-order valence-corrected chi connectivity index (χ2v) is 5.66. The zero-order chi connectivity index (χ0) is 12.5. The maximum atomic E-state index is 13.1. The number of ether oxygens (including phenoxy) is 1. The Bertz CT molecular complexity index is 430. The average Bonchev–Trinajstić information content (AvgIpc) is 3.05. The van der Waals surface area contributed by atoms with Crippen LogP contribution in [0.2, 0.25) is 5.02 Å². The lowest BCUT2D eigenvalue weighted by Crippen LogP contribution is -2.30. The molecule has 1 N–H and O–H groups in total.